The fourth-order valence-electron chi connectivity index (χ4n) is 6.40. The lowest BCUT2D eigenvalue weighted by atomic mass is 9.58. The lowest BCUT2D eigenvalue weighted by Crippen LogP contribution is -2.68. The van der Waals surface area contributed by atoms with E-state index in [0.717, 1.165) is 25.9 Å². The van der Waals surface area contributed by atoms with Crippen molar-refractivity contribution in [1.82, 2.24) is 0 Å². The monoisotopic (exact) mass is 440 g/mol. The summed E-state index contributed by atoms with van der Waals surface area (Å²) in [4.78, 5) is 11.7. The molecule has 1 saturated carbocycles. The van der Waals surface area contributed by atoms with Crippen LogP contribution in [0, 0.1) is 23.7 Å². The Bertz CT molecular complexity index is 947. The van der Waals surface area contributed by atoms with Gasteiger partial charge in [-0.25, -0.2) is 9.78 Å². The number of hydrogen-bond donors (Lipinski definition) is 1. The van der Waals surface area contributed by atoms with E-state index in [0.29, 0.717) is 23.7 Å². The van der Waals surface area contributed by atoms with Crippen molar-refractivity contribution in [2.45, 2.75) is 70.6 Å². The summed E-state index contributed by atoms with van der Waals surface area (Å²) >= 11 is 0. The van der Waals surface area contributed by atoms with Gasteiger partial charge in [0.25, 0.3) is 0 Å². The maximum absolute atomic E-state index is 8.79. The molecule has 7 atom stereocenters. The van der Waals surface area contributed by atoms with Crippen molar-refractivity contribution < 1.29 is 24.4 Å². The maximum Gasteiger partial charge on any atom is 0.201 e. The summed E-state index contributed by atoms with van der Waals surface area (Å²) in [5.41, 5.74) is 0.826. The molecule has 0 amide bonds. The third kappa shape index (κ3) is 3.78. The summed E-state index contributed by atoms with van der Waals surface area (Å²) < 4.78 is 12.2. The first-order valence-electron chi connectivity index (χ1n) is 12.2. The summed E-state index contributed by atoms with van der Waals surface area (Å²) in [5, 5.41) is 11.3. The summed E-state index contributed by atoms with van der Waals surface area (Å²) in [6.07, 6.45) is 4.98. The second-order valence-electron chi connectivity index (χ2n) is 10.4. The predicted molar refractivity (Wildman–Crippen MR) is 123 cm³/mol. The van der Waals surface area contributed by atoms with Gasteiger partial charge in [-0.3, -0.25) is 0 Å². The Morgan fingerprint density at radius 3 is 2.53 bits per heavy atom. The first-order valence-corrected chi connectivity index (χ1v) is 12.2. The Hall–Kier alpha value is -1.50. The number of rotatable bonds is 2. The normalized spacial score (nSPS) is 40.2. The Kier molecular flexibility index (Phi) is 6.06. The van der Waals surface area contributed by atoms with E-state index in [1.54, 1.807) is 0 Å². The van der Waals surface area contributed by atoms with Crippen LogP contribution >= 0.6 is 0 Å². The van der Waals surface area contributed by atoms with Crippen molar-refractivity contribution in [2.24, 2.45) is 23.7 Å². The van der Waals surface area contributed by atoms with Gasteiger partial charge in [0.05, 0.1) is 6.61 Å². The Morgan fingerprint density at radius 2 is 1.72 bits per heavy atom. The summed E-state index contributed by atoms with van der Waals surface area (Å²) in [6, 6.07) is 14.6. The Morgan fingerprint density at radius 1 is 0.938 bits per heavy atom. The molecule has 0 radical (unpaired) electrons. The van der Waals surface area contributed by atoms with Crippen LogP contribution in [-0.4, -0.2) is 36.0 Å². The molecule has 4 aliphatic heterocycles. The summed E-state index contributed by atoms with van der Waals surface area (Å²) in [7, 11) is 0. The van der Waals surface area contributed by atoms with Crippen molar-refractivity contribution in [3.05, 3.63) is 48.0 Å². The average molecular weight is 441 g/mol. The largest absolute Gasteiger partial charge is 0.396 e. The standard InChI is InChI=1S/C15H24O4.C12H12O/c1-9-4-5-11-10(2)8-16-13-15(11)12(9)6-7-14(3,17-13)18-19-15;13-8-7-10-5-6-11-3-1-2-4-12(11)9-10/h9-13H,4-8H2,1-3H3;1-6,9,13H,7-8H2/t9?,10-,11?,12?,13?,14?,15?;/m0./s1. The molecule has 5 fully saturated rings. The molecule has 2 aromatic rings. The number of aliphatic hydroxyl groups is 1. The highest BCUT2D eigenvalue weighted by Crippen LogP contribution is 2.59. The van der Waals surface area contributed by atoms with Crippen molar-refractivity contribution in [3.63, 3.8) is 0 Å². The Balaban J connectivity index is 0.000000146. The summed E-state index contributed by atoms with van der Waals surface area (Å²) in [5.74, 6) is 1.53. The maximum atomic E-state index is 8.79. The van der Waals surface area contributed by atoms with Crippen LogP contribution in [0.25, 0.3) is 10.8 Å². The second kappa shape index (κ2) is 8.69. The zero-order chi connectivity index (χ0) is 22.3. The van der Waals surface area contributed by atoms with Gasteiger partial charge in [0.15, 0.2) is 11.9 Å². The van der Waals surface area contributed by atoms with Crippen LogP contribution in [0.2, 0.25) is 0 Å². The molecule has 1 aliphatic carbocycles. The molecule has 6 unspecified atom stereocenters. The molecule has 1 spiro atoms. The predicted octanol–water partition coefficient (Wildman–Crippen LogP) is 5.24. The van der Waals surface area contributed by atoms with E-state index in [1.165, 1.54) is 29.2 Å². The molecule has 7 rings (SSSR count). The van der Waals surface area contributed by atoms with E-state index in [9.17, 15) is 0 Å². The van der Waals surface area contributed by atoms with Crippen LogP contribution < -0.4 is 0 Å². The SMILES string of the molecule is CC1CCC2[C@@H](C)COC3OC4(C)CCC1C32OO4.OCCc1ccc2ccccc2c1. The fourth-order valence-corrected chi connectivity index (χ4v) is 6.40. The molecule has 5 aliphatic rings. The van der Waals surface area contributed by atoms with Gasteiger partial charge < -0.3 is 14.6 Å². The minimum Gasteiger partial charge on any atom is -0.396 e. The number of fused-ring (bicyclic) bond motifs is 3. The van der Waals surface area contributed by atoms with Gasteiger partial charge in [-0.1, -0.05) is 56.3 Å². The molecule has 0 aromatic heterocycles. The van der Waals surface area contributed by atoms with Gasteiger partial charge in [-0.05, 0) is 66.7 Å². The average Bonchev–Trinajstić information content (AvgIpc) is 3.03. The highest BCUT2D eigenvalue weighted by Gasteiger charge is 2.67. The van der Waals surface area contributed by atoms with Gasteiger partial charge in [0.2, 0.25) is 5.79 Å². The highest BCUT2D eigenvalue weighted by atomic mass is 17.3. The lowest BCUT2D eigenvalue weighted by Gasteiger charge is -2.58. The number of ether oxygens (including phenoxy) is 2. The minimum absolute atomic E-state index is 0.221. The molecular formula is C27H36O5. The second-order valence-corrected chi connectivity index (χ2v) is 10.4. The van der Waals surface area contributed by atoms with Gasteiger partial charge in [0, 0.05) is 18.9 Å². The zero-order valence-corrected chi connectivity index (χ0v) is 19.5. The van der Waals surface area contributed by atoms with E-state index >= 15 is 0 Å². The van der Waals surface area contributed by atoms with Gasteiger partial charge in [0.1, 0.15) is 0 Å². The molecule has 4 heterocycles. The lowest BCUT2D eigenvalue weighted by molar-refractivity contribution is -0.566. The van der Waals surface area contributed by atoms with E-state index < -0.39 is 5.79 Å². The molecule has 32 heavy (non-hydrogen) atoms. The van der Waals surface area contributed by atoms with Crippen molar-refractivity contribution in [2.75, 3.05) is 13.2 Å². The van der Waals surface area contributed by atoms with E-state index in [2.05, 4.69) is 44.2 Å². The molecule has 5 nitrogen and oxygen atoms in total. The molecule has 5 heteroatoms. The van der Waals surface area contributed by atoms with Crippen molar-refractivity contribution >= 4 is 10.8 Å². The van der Waals surface area contributed by atoms with Crippen LogP contribution in [-0.2, 0) is 25.7 Å². The Labute approximate surface area is 190 Å². The number of benzene rings is 2. The van der Waals surface area contributed by atoms with Crippen molar-refractivity contribution in [1.29, 1.82) is 0 Å². The third-order valence-electron chi connectivity index (χ3n) is 8.19. The van der Waals surface area contributed by atoms with Gasteiger partial charge >= 0.3 is 0 Å². The smallest absolute Gasteiger partial charge is 0.201 e. The van der Waals surface area contributed by atoms with Gasteiger partial charge in [-0.15, -0.1) is 0 Å². The molecule has 2 aromatic carbocycles. The van der Waals surface area contributed by atoms with E-state index in [4.69, 9.17) is 24.4 Å². The van der Waals surface area contributed by atoms with E-state index in [-0.39, 0.29) is 18.5 Å². The number of hydrogen-bond acceptors (Lipinski definition) is 5. The van der Waals surface area contributed by atoms with Crippen LogP contribution in [0.1, 0.15) is 52.0 Å². The van der Waals surface area contributed by atoms with Gasteiger partial charge in [-0.2, -0.15) is 0 Å². The van der Waals surface area contributed by atoms with E-state index in [1.807, 2.05) is 19.1 Å². The van der Waals surface area contributed by atoms with Crippen LogP contribution in [0.15, 0.2) is 42.5 Å². The summed E-state index contributed by atoms with van der Waals surface area (Å²) in [6.45, 7) is 7.58. The third-order valence-corrected chi connectivity index (χ3v) is 8.19. The molecular weight excluding hydrogens is 404 g/mol. The fraction of sp³-hybridized carbons (Fsp3) is 0.630. The quantitative estimate of drug-likeness (QED) is 0.647. The number of aliphatic hydroxyl groups excluding tert-OH is 1. The highest BCUT2D eigenvalue weighted by molar-refractivity contribution is 5.82. The first kappa shape index (κ1) is 22.3. The molecule has 1 N–H and O–H groups in total. The minimum atomic E-state index is -0.627. The molecule has 174 valence electrons. The van der Waals surface area contributed by atoms with Crippen LogP contribution in [0.5, 0.6) is 0 Å². The van der Waals surface area contributed by atoms with Crippen LogP contribution in [0.3, 0.4) is 0 Å². The zero-order valence-electron chi connectivity index (χ0n) is 19.5. The molecule has 4 saturated heterocycles. The van der Waals surface area contributed by atoms with Crippen LogP contribution in [0.4, 0.5) is 0 Å². The molecule has 2 bridgehead atoms. The first-order chi connectivity index (χ1) is 15.4. The topological polar surface area (TPSA) is 57.2 Å². The van der Waals surface area contributed by atoms with Crippen molar-refractivity contribution in [3.8, 4) is 0 Å².